The number of rotatable bonds is 9. The maximum absolute atomic E-state index is 5.17. The van der Waals surface area contributed by atoms with E-state index in [9.17, 15) is 0 Å². The van der Waals surface area contributed by atoms with Crippen LogP contribution in [0.15, 0.2) is 45.2 Å². The van der Waals surface area contributed by atoms with E-state index in [1.165, 1.54) is 0 Å². The van der Waals surface area contributed by atoms with Gasteiger partial charge in [0.1, 0.15) is 10.1 Å². The Hall–Kier alpha value is -1.000. The van der Waals surface area contributed by atoms with Crippen molar-refractivity contribution in [3.8, 4) is 5.75 Å². The number of thioether (sulfide) groups is 1. The summed E-state index contributed by atoms with van der Waals surface area (Å²) in [6.45, 7) is 4.46. The Bertz CT molecular complexity index is 606. The molecule has 2 N–H and O–H groups in total. The van der Waals surface area contributed by atoms with Crippen molar-refractivity contribution in [2.24, 2.45) is 4.99 Å². The molecule has 138 valence electrons. The fourth-order valence-corrected chi connectivity index (χ4v) is 3.61. The van der Waals surface area contributed by atoms with E-state index in [1.54, 1.807) is 30.2 Å². The topological polar surface area (TPSA) is 58.5 Å². The molecular formula is C17H25IN4OS2. The minimum absolute atomic E-state index is 0. The molecule has 0 saturated heterocycles. The molecule has 0 aliphatic carbocycles. The molecule has 0 radical (unpaired) electrons. The van der Waals surface area contributed by atoms with E-state index in [1.807, 2.05) is 35.8 Å². The minimum atomic E-state index is 0. The Labute approximate surface area is 175 Å². The van der Waals surface area contributed by atoms with Crippen molar-refractivity contribution in [3.05, 3.63) is 41.4 Å². The molecular weight excluding hydrogens is 467 g/mol. The molecule has 1 aromatic heterocycles. The van der Waals surface area contributed by atoms with Crippen LogP contribution in [0.4, 0.5) is 0 Å². The van der Waals surface area contributed by atoms with Crippen molar-refractivity contribution >= 4 is 53.0 Å². The third-order valence-corrected chi connectivity index (χ3v) is 5.22. The van der Waals surface area contributed by atoms with E-state index in [2.05, 4.69) is 27.5 Å². The van der Waals surface area contributed by atoms with E-state index < -0.39 is 0 Å². The van der Waals surface area contributed by atoms with Crippen molar-refractivity contribution in [3.63, 3.8) is 0 Å². The van der Waals surface area contributed by atoms with Crippen LogP contribution in [-0.4, -0.2) is 36.9 Å². The predicted octanol–water partition coefficient (Wildman–Crippen LogP) is 4.01. The highest BCUT2D eigenvalue weighted by Crippen LogP contribution is 2.20. The molecule has 0 spiro atoms. The van der Waals surface area contributed by atoms with Crippen LogP contribution in [0.5, 0.6) is 5.75 Å². The standard InChI is InChI=1S/C17H24N4OS2.HI/c1-3-18-16(19-9-4-11-23-17-20-10-12-24-17)21-13-14-5-7-15(22-2)8-6-14;/h5-8,10,12H,3-4,9,11,13H2,1-2H3,(H2,18,19,21);1H. The van der Waals surface area contributed by atoms with Crippen molar-refractivity contribution in [1.29, 1.82) is 0 Å². The van der Waals surface area contributed by atoms with Gasteiger partial charge in [-0.05, 0) is 31.0 Å². The summed E-state index contributed by atoms with van der Waals surface area (Å²) in [6.07, 6.45) is 2.91. The fraction of sp³-hybridized carbons (Fsp3) is 0.412. The van der Waals surface area contributed by atoms with Crippen molar-refractivity contribution in [1.82, 2.24) is 15.6 Å². The van der Waals surface area contributed by atoms with E-state index in [4.69, 9.17) is 4.74 Å². The van der Waals surface area contributed by atoms with Crippen LogP contribution < -0.4 is 15.4 Å². The highest BCUT2D eigenvalue weighted by atomic mass is 127. The first-order valence-corrected chi connectivity index (χ1v) is 9.85. The van der Waals surface area contributed by atoms with E-state index in [0.717, 1.165) is 46.9 Å². The first-order chi connectivity index (χ1) is 11.8. The second kappa shape index (κ2) is 13.2. The van der Waals surface area contributed by atoms with Crippen LogP contribution in [0.1, 0.15) is 18.9 Å². The number of thiazole rings is 1. The van der Waals surface area contributed by atoms with Crippen LogP contribution in [0.25, 0.3) is 0 Å². The Morgan fingerprint density at radius 1 is 1.28 bits per heavy atom. The summed E-state index contributed by atoms with van der Waals surface area (Å²) in [5.74, 6) is 2.77. The number of hydrogen-bond acceptors (Lipinski definition) is 5. The number of nitrogens with zero attached hydrogens (tertiary/aromatic N) is 2. The van der Waals surface area contributed by atoms with Crippen molar-refractivity contribution in [2.75, 3.05) is 26.0 Å². The molecule has 0 saturated carbocycles. The Balaban J connectivity index is 0.00000312. The van der Waals surface area contributed by atoms with Crippen LogP contribution in [0, 0.1) is 0 Å². The lowest BCUT2D eigenvalue weighted by molar-refractivity contribution is 0.414. The van der Waals surface area contributed by atoms with Gasteiger partial charge in [0.2, 0.25) is 0 Å². The predicted molar refractivity (Wildman–Crippen MR) is 119 cm³/mol. The summed E-state index contributed by atoms with van der Waals surface area (Å²) in [7, 11) is 1.67. The molecule has 0 aliphatic rings. The molecule has 25 heavy (non-hydrogen) atoms. The lowest BCUT2D eigenvalue weighted by Crippen LogP contribution is -2.37. The summed E-state index contributed by atoms with van der Waals surface area (Å²) in [5.41, 5.74) is 1.16. The van der Waals surface area contributed by atoms with Crippen molar-refractivity contribution in [2.45, 2.75) is 24.2 Å². The highest BCUT2D eigenvalue weighted by Gasteiger charge is 2.00. The number of aliphatic imine (C=N–C) groups is 1. The molecule has 2 rings (SSSR count). The second-order valence-electron chi connectivity index (χ2n) is 4.97. The molecule has 2 aromatic rings. The van der Waals surface area contributed by atoms with Gasteiger partial charge in [-0.15, -0.1) is 35.3 Å². The van der Waals surface area contributed by atoms with Gasteiger partial charge in [0.05, 0.1) is 13.7 Å². The number of hydrogen-bond donors (Lipinski definition) is 2. The zero-order chi connectivity index (χ0) is 17.0. The smallest absolute Gasteiger partial charge is 0.191 e. The normalized spacial score (nSPS) is 10.9. The molecule has 8 heteroatoms. The summed E-state index contributed by atoms with van der Waals surface area (Å²) < 4.78 is 6.30. The van der Waals surface area contributed by atoms with Gasteiger partial charge < -0.3 is 15.4 Å². The molecule has 5 nitrogen and oxygen atoms in total. The monoisotopic (exact) mass is 492 g/mol. The van der Waals surface area contributed by atoms with Gasteiger partial charge in [-0.25, -0.2) is 9.98 Å². The average Bonchev–Trinajstić information content (AvgIpc) is 3.13. The highest BCUT2D eigenvalue weighted by molar-refractivity contribution is 14.0. The van der Waals surface area contributed by atoms with Gasteiger partial charge in [0, 0.05) is 30.4 Å². The summed E-state index contributed by atoms with van der Waals surface area (Å²) in [5, 5.41) is 8.66. The molecule has 0 bridgehead atoms. The van der Waals surface area contributed by atoms with Crippen LogP contribution in [0.2, 0.25) is 0 Å². The molecule has 0 amide bonds. The summed E-state index contributed by atoms with van der Waals surface area (Å²) in [4.78, 5) is 8.89. The van der Waals surface area contributed by atoms with Gasteiger partial charge in [-0.1, -0.05) is 23.9 Å². The minimum Gasteiger partial charge on any atom is -0.497 e. The summed E-state index contributed by atoms with van der Waals surface area (Å²) >= 11 is 3.49. The largest absolute Gasteiger partial charge is 0.497 e. The lowest BCUT2D eigenvalue weighted by Gasteiger charge is -2.11. The fourth-order valence-electron chi connectivity index (χ4n) is 1.96. The van der Waals surface area contributed by atoms with E-state index in [-0.39, 0.29) is 24.0 Å². The average molecular weight is 492 g/mol. The van der Waals surface area contributed by atoms with Crippen molar-refractivity contribution < 1.29 is 4.74 Å². The van der Waals surface area contributed by atoms with E-state index >= 15 is 0 Å². The number of halogens is 1. The second-order valence-corrected chi connectivity index (χ2v) is 7.21. The first kappa shape index (κ1) is 22.0. The maximum Gasteiger partial charge on any atom is 0.191 e. The van der Waals surface area contributed by atoms with E-state index in [0.29, 0.717) is 6.54 Å². The van der Waals surface area contributed by atoms with Gasteiger partial charge in [0.25, 0.3) is 0 Å². The van der Waals surface area contributed by atoms with Gasteiger partial charge in [0.15, 0.2) is 5.96 Å². The SMILES string of the molecule is CCNC(=NCc1ccc(OC)cc1)NCCCSc1nccs1.I. The zero-order valence-corrected chi connectivity index (χ0v) is 18.5. The zero-order valence-electron chi connectivity index (χ0n) is 14.5. The van der Waals surface area contributed by atoms with Crippen LogP contribution in [-0.2, 0) is 6.54 Å². The first-order valence-electron chi connectivity index (χ1n) is 7.99. The Kier molecular flexibility index (Phi) is 11.7. The quantitative estimate of drug-likeness (QED) is 0.182. The Morgan fingerprint density at radius 2 is 2.08 bits per heavy atom. The number of methoxy groups -OCH3 is 1. The Morgan fingerprint density at radius 3 is 2.72 bits per heavy atom. The maximum atomic E-state index is 5.17. The van der Waals surface area contributed by atoms with Crippen LogP contribution in [0.3, 0.4) is 0 Å². The lowest BCUT2D eigenvalue weighted by atomic mass is 10.2. The molecule has 1 aromatic carbocycles. The van der Waals surface area contributed by atoms with Crippen LogP contribution >= 0.6 is 47.1 Å². The number of benzene rings is 1. The number of nitrogens with one attached hydrogen (secondary N) is 2. The molecule has 0 fully saturated rings. The third kappa shape index (κ3) is 8.77. The summed E-state index contributed by atoms with van der Waals surface area (Å²) in [6, 6.07) is 8.00. The third-order valence-electron chi connectivity index (χ3n) is 3.17. The molecule has 1 heterocycles. The van der Waals surface area contributed by atoms with Gasteiger partial charge in [-0.2, -0.15) is 0 Å². The number of ether oxygens (including phenoxy) is 1. The number of aromatic nitrogens is 1. The molecule has 0 unspecified atom stereocenters. The van der Waals surface area contributed by atoms with Gasteiger partial charge in [-0.3, -0.25) is 0 Å². The molecule has 0 aliphatic heterocycles. The van der Waals surface area contributed by atoms with Gasteiger partial charge >= 0.3 is 0 Å². The molecule has 0 atom stereocenters. The number of guanidine groups is 1.